The van der Waals surface area contributed by atoms with E-state index in [1.54, 1.807) is 12.1 Å². The molecule has 1 unspecified atom stereocenters. The van der Waals surface area contributed by atoms with Crippen molar-refractivity contribution in [2.24, 2.45) is 16.5 Å². The van der Waals surface area contributed by atoms with Crippen molar-refractivity contribution in [3.8, 4) is 0 Å². The molecule has 0 saturated carbocycles. The van der Waals surface area contributed by atoms with Gasteiger partial charge in [-0.05, 0) is 11.6 Å². The van der Waals surface area contributed by atoms with Crippen LogP contribution >= 0.6 is 15.9 Å². The van der Waals surface area contributed by atoms with Crippen LogP contribution in [0.1, 0.15) is 18.0 Å². The van der Waals surface area contributed by atoms with E-state index in [1.807, 2.05) is 12.1 Å². The second kappa shape index (κ2) is 5.50. The fraction of sp³-hybridized carbons (Fsp3) is 0.200. The molecule has 0 fully saturated rings. The first-order valence-corrected chi connectivity index (χ1v) is 5.35. The first kappa shape index (κ1) is 12.5. The van der Waals surface area contributed by atoms with Gasteiger partial charge in [0.1, 0.15) is 0 Å². The van der Waals surface area contributed by atoms with Gasteiger partial charge in [0, 0.05) is 4.47 Å². The van der Waals surface area contributed by atoms with Crippen molar-refractivity contribution in [1.82, 2.24) is 0 Å². The molecule has 0 heterocycles. The monoisotopic (exact) mass is 285 g/mol. The van der Waals surface area contributed by atoms with Gasteiger partial charge in [-0.15, -0.1) is 0 Å². The molecular formula is C10H12BrN3O2. The van der Waals surface area contributed by atoms with Gasteiger partial charge in [0.05, 0.1) is 12.5 Å². The minimum absolute atomic E-state index is 0.123. The Hall–Kier alpha value is -1.56. The minimum Gasteiger partial charge on any atom is -0.481 e. The maximum Gasteiger partial charge on any atom is 0.305 e. The van der Waals surface area contributed by atoms with Gasteiger partial charge in [-0.25, -0.2) is 4.99 Å². The van der Waals surface area contributed by atoms with Gasteiger partial charge >= 0.3 is 5.97 Å². The Bertz CT molecular complexity index is 416. The smallest absolute Gasteiger partial charge is 0.305 e. The molecule has 0 aromatic heterocycles. The van der Waals surface area contributed by atoms with E-state index in [0.29, 0.717) is 0 Å². The van der Waals surface area contributed by atoms with E-state index < -0.39 is 12.0 Å². The molecule has 0 radical (unpaired) electrons. The van der Waals surface area contributed by atoms with Crippen molar-refractivity contribution in [3.63, 3.8) is 0 Å². The fourth-order valence-corrected chi connectivity index (χ4v) is 1.86. The number of carbonyl (C=O) groups is 1. The number of halogens is 1. The summed E-state index contributed by atoms with van der Waals surface area (Å²) in [5.74, 6) is -1.08. The van der Waals surface area contributed by atoms with Crippen LogP contribution in [0.15, 0.2) is 33.7 Å². The van der Waals surface area contributed by atoms with Gasteiger partial charge in [0.15, 0.2) is 5.96 Å². The molecule has 1 aromatic rings. The highest BCUT2D eigenvalue weighted by Gasteiger charge is 2.16. The molecule has 0 spiro atoms. The van der Waals surface area contributed by atoms with Crippen LogP contribution in [-0.4, -0.2) is 17.0 Å². The maximum atomic E-state index is 10.7. The van der Waals surface area contributed by atoms with Crippen LogP contribution in [0.3, 0.4) is 0 Å². The predicted molar refractivity (Wildman–Crippen MR) is 64.9 cm³/mol. The molecule has 0 aliphatic rings. The van der Waals surface area contributed by atoms with Crippen LogP contribution in [0.2, 0.25) is 0 Å². The zero-order valence-corrected chi connectivity index (χ0v) is 10.0. The molecule has 86 valence electrons. The summed E-state index contributed by atoms with van der Waals surface area (Å²) in [6.45, 7) is 0. The highest BCUT2D eigenvalue weighted by atomic mass is 79.9. The zero-order chi connectivity index (χ0) is 12.1. The van der Waals surface area contributed by atoms with Gasteiger partial charge in [-0.3, -0.25) is 4.79 Å². The summed E-state index contributed by atoms with van der Waals surface area (Å²) in [4.78, 5) is 14.6. The van der Waals surface area contributed by atoms with Gasteiger partial charge in [-0.1, -0.05) is 34.1 Å². The van der Waals surface area contributed by atoms with E-state index in [9.17, 15) is 4.79 Å². The van der Waals surface area contributed by atoms with Crippen LogP contribution in [0.5, 0.6) is 0 Å². The average molecular weight is 286 g/mol. The third-order valence-electron chi connectivity index (χ3n) is 1.94. The quantitative estimate of drug-likeness (QED) is 0.572. The Morgan fingerprint density at radius 3 is 2.56 bits per heavy atom. The maximum absolute atomic E-state index is 10.7. The molecule has 0 aliphatic carbocycles. The number of benzene rings is 1. The molecule has 6 heteroatoms. The molecule has 0 bridgehead atoms. The fourth-order valence-electron chi connectivity index (χ4n) is 1.32. The van der Waals surface area contributed by atoms with E-state index in [0.717, 1.165) is 10.0 Å². The van der Waals surface area contributed by atoms with Crippen LogP contribution in [-0.2, 0) is 4.79 Å². The van der Waals surface area contributed by atoms with Crippen molar-refractivity contribution >= 4 is 27.9 Å². The predicted octanol–water partition coefficient (Wildman–Crippen LogP) is 1.24. The third-order valence-corrected chi connectivity index (χ3v) is 2.66. The lowest BCUT2D eigenvalue weighted by Crippen LogP contribution is -2.24. The van der Waals surface area contributed by atoms with E-state index >= 15 is 0 Å². The summed E-state index contributed by atoms with van der Waals surface area (Å²) in [6, 6.07) is 6.66. The summed E-state index contributed by atoms with van der Waals surface area (Å²) in [7, 11) is 0. The Morgan fingerprint density at radius 2 is 2.06 bits per heavy atom. The van der Waals surface area contributed by atoms with Gasteiger partial charge in [0.25, 0.3) is 0 Å². The van der Waals surface area contributed by atoms with Crippen LogP contribution in [0, 0.1) is 0 Å². The largest absolute Gasteiger partial charge is 0.481 e. The minimum atomic E-state index is -0.953. The number of nitrogens with two attached hydrogens (primary N) is 2. The number of hydrogen-bond donors (Lipinski definition) is 3. The van der Waals surface area contributed by atoms with Gasteiger partial charge in [-0.2, -0.15) is 0 Å². The number of aliphatic carboxylic acids is 1. The van der Waals surface area contributed by atoms with Crippen LogP contribution in [0.25, 0.3) is 0 Å². The molecule has 1 atom stereocenters. The Labute approximate surface area is 101 Å². The van der Waals surface area contributed by atoms with Crippen molar-refractivity contribution in [2.75, 3.05) is 0 Å². The molecule has 16 heavy (non-hydrogen) atoms. The molecule has 1 rings (SSSR count). The van der Waals surface area contributed by atoms with E-state index in [4.69, 9.17) is 16.6 Å². The lowest BCUT2D eigenvalue weighted by molar-refractivity contribution is -0.137. The van der Waals surface area contributed by atoms with Crippen molar-refractivity contribution in [2.45, 2.75) is 12.5 Å². The lowest BCUT2D eigenvalue weighted by Gasteiger charge is -2.12. The summed E-state index contributed by atoms with van der Waals surface area (Å²) >= 11 is 3.33. The van der Waals surface area contributed by atoms with Crippen LogP contribution < -0.4 is 11.5 Å². The molecule has 0 saturated heterocycles. The third kappa shape index (κ3) is 3.54. The number of nitrogens with zero attached hydrogens (tertiary/aromatic N) is 1. The molecule has 0 aliphatic heterocycles. The van der Waals surface area contributed by atoms with E-state index in [2.05, 4.69) is 20.9 Å². The van der Waals surface area contributed by atoms with Crippen molar-refractivity contribution < 1.29 is 9.90 Å². The van der Waals surface area contributed by atoms with Crippen molar-refractivity contribution in [3.05, 3.63) is 34.3 Å². The summed E-state index contributed by atoms with van der Waals surface area (Å²) in [5.41, 5.74) is 11.3. The normalized spacial score (nSPS) is 11.8. The Morgan fingerprint density at radius 1 is 1.44 bits per heavy atom. The number of carboxylic acid groups (broad SMARTS) is 1. The Balaban J connectivity index is 3.06. The number of hydrogen-bond acceptors (Lipinski definition) is 2. The number of aliphatic imine (C=N–C) groups is 1. The summed E-state index contributed by atoms with van der Waals surface area (Å²) in [5, 5.41) is 8.78. The van der Waals surface area contributed by atoms with Crippen molar-refractivity contribution in [1.29, 1.82) is 0 Å². The Kier molecular flexibility index (Phi) is 4.30. The molecule has 1 aromatic carbocycles. The van der Waals surface area contributed by atoms with E-state index in [-0.39, 0.29) is 12.4 Å². The second-order valence-electron chi connectivity index (χ2n) is 3.19. The number of guanidine groups is 1. The first-order valence-electron chi connectivity index (χ1n) is 4.55. The molecule has 0 amide bonds. The summed E-state index contributed by atoms with van der Waals surface area (Å²) < 4.78 is 0.784. The first-order chi connectivity index (χ1) is 7.50. The topological polar surface area (TPSA) is 102 Å². The number of carboxylic acids is 1. The molecule has 5 N–H and O–H groups in total. The summed E-state index contributed by atoms with van der Waals surface area (Å²) in [6.07, 6.45) is -0.152. The van der Waals surface area contributed by atoms with Gasteiger partial charge in [0.2, 0.25) is 0 Å². The second-order valence-corrected chi connectivity index (χ2v) is 4.04. The standard InChI is InChI=1S/C10H12BrN3O2/c11-7-4-2-1-3-6(7)8(5-9(15)16)14-10(12)13/h1-4,8H,5H2,(H,15,16)(H4,12,13,14). The lowest BCUT2D eigenvalue weighted by atomic mass is 10.0. The zero-order valence-electron chi connectivity index (χ0n) is 8.43. The highest BCUT2D eigenvalue weighted by molar-refractivity contribution is 9.10. The molecule has 5 nitrogen and oxygen atoms in total. The van der Waals surface area contributed by atoms with Crippen LogP contribution in [0.4, 0.5) is 0 Å². The molecular weight excluding hydrogens is 274 g/mol. The number of rotatable bonds is 4. The average Bonchev–Trinajstić information content (AvgIpc) is 2.15. The SMILES string of the molecule is NC(N)=NC(CC(=O)O)c1ccccc1Br. The highest BCUT2D eigenvalue weighted by Crippen LogP contribution is 2.28. The van der Waals surface area contributed by atoms with E-state index in [1.165, 1.54) is 0 Å². The van der Waals surface area contributed by atoms with Gasteiger partial charge < -0.3 is 16.6 Å².